The minimum absolute atomic E-state index is 0.0578. The lowest BCUT2D eigenvalue weighted by Crippen LogP contribution is -3.15. The maximum absolute atomic E-state index is 12.3. The number of carbonyl (C=O) groups is 3. The van der Waals surface area contributed by atoms with Gasteiger partial charge in [0.05, 0.1) is 48.5 Å². The molecule has 1 fully saturated rings. The Morgan fingerprint density at radius 3 is 2.31 bits per heavy atom. The molecule has 0 atom stereocenters. The van der Waals surface area contributed by atoms with Gasteiger partial charge in [-0.25, -0.2) is 0 Å². The molecule has 1 aliphatic rings. The summed E-state index contributed by atoms with van der Waals surface area (Å²) in [6, 6.07) is 4.94. The molecule has 2 rings (SSSR count). The number of rotatable bonds is 5. The van der Waals surface area contributed by atoms with Gasteiger partial charge in [-0.2, -0.15) is 0 Å². The molecule has 2 N–H and O–H groups in total. The molecular formula is C17H23Cl2N4O3+. The third kappa shape index (κ3) is 5.59. The Labute approximate surface area is 162 Å². The molecule has 7 nitrogen and oxygen atoms in total. The average molecular weight is 402 g/mol. The Bertz CT molecular complexity index is 670. The number of hydrogen-bond acceptors (Lipinski definition) is 3. The second-order valence-corrected chi connectivity index (χ2v) is 7.14. The molecule has 1 aromatic rings. The standard InChI is InChI=1S/C17H22Cl2N4O3/c1-12(24)23-8-6-22(7-9-23)11-16(26)21(2)10-15(25)20-17-13(18)4-3-5-14(17)19/h3-5H,6-11H2,1-2H3,(H,20,25)/p+1. The van der Waals surface area contributed by atoms with Crippen LogP contribution >= 0.6 is 23.2 Å². The van der Waals surface area contributed by atoms with Gasteiger partial charge in [0, 0.05) is 14.0 Å². The number of hydrogen-bond donors (Lipinski definition) is 2. The van der Waals surface area contributed by atoms with Crippen molar-refractivity contribution in [2.24, 2.45) is 0 Å². The summed E-state index contributed by atoms with van der Waals surface area (Å²) < 4.78 is 0. The van der Waals surface area contributed by atoms with Gasteiger partial charge >= 0.3 is 0 Å². The van der Waals surface area contributed by atoms with E-state index in [9.17, 15) is 14.4 Å². The molecule has 0 bridgehead atoms. The van der Waals surface area contributed by atoms with Crippen LogP contribution in [0, 0.1) is 0 Å². The van der Waals surface area contributed by atoms with E-state index in [4.69, 9.17) is 23.2 Å². The third-order valence-corrected chi connectivity index (χ3v) is 4.98. The van der Waals surface area contributed by atoms with E-state index in [1.54, 1.807) is 37.1 Å². The Morgan fingerprint density at radius 2 is 1.77 bits per heavy atom. The third-order valence-electron chi connectivity index (χ3n) is 4.35. The van der Waals surface area contributed by atoms with E-state index in [1.165, 1.54) is 4.90 Å². The highest BCUT2D eigenvalue weighted by Crippen LogP contribution is 2.29. The minimum atomic E-state index is -0.368. The lowest BCUT2D eigenvalue weighted by Gasteiger charge is -2.31. The van der Waals surface area contributed by atoms with Crippen molar-refractivity contribution < 1.29 is 19.3 Å². The summed E-state index contributed by atoms with van der Waals surface area (Å²) in [6.07, 6.45) is 0. The van der Waals surface area contributed by atoms with Gasteiger partial charge in [-0.1, -0.05) is 29.3 Å². The van der Waals surface area contributed by atoms with E-state index in [-0.39, 0.29) is 24.3 Å². The fraction of sp³-hybridized carbons (Fsp3) is 0.471. The minimum Gasteiger partial charge on any atom is -0.332 e. The number of nitrogens with zero attached hydrogens (tertiary/aromatic N) is 2. The number of carbonyl (C=O) groups excluding carboxylic acids is 3. The highest BCUT2D eigenvalue weighted by Gasteiger charge is 2.25. The fourth-order valence-electron chi connectivity index (χ4n) is 2.76. The summed E-state index contributed by atoms with van der Waals surface area (Å²) in [7, 11) is 1.58. The second kappa shape index (κ2) is 9.21. The molecule has 0 aliphatic carbocycles. The number of quaternary nitrogens is 1. The molecule has 0 unspecified atom stereocenters. The zero-order valence-corrected chi connectivity index (χ0v) is 16.4. The van der Waals surface area contributed by atoms with Crippen LogP contribution in [-0.2, 0) is 14.4 Å². The lowest BCUT2D eigenvalue weighted by atomic mass is 10.3. The molecule has 26 heavy (non-hydrogen) atoms. The van der Waals surface area contributed by atoms with Crippen LogP contribution in [0.4, 0.5) is 5.69 Å². The molecule has 9 heteroatoms. The van der Waals surface area contributed by atoms with Crippen molar-refractivity contribution in [2.45, 2.75) is 6.92 Å². The van der Waals surface area contributed by atoms with Gasteiger partial charge in [0.25, 0.3) is 5.91 Å². The van der Waals surface area contributed by atoms with Gasteiger partial charge in [-0.3, -0.25) is 14.4 Å². The number of benzene rings is 1. The number of halogens is 2. The van der Waals surface area contributed by atoms with E-state index < -0.39 is 0 Å². The Hall–Kier alpha value is -1.83. The maximum atomic E-state index is 12.3. The van der Waals surface area contributed by atoms with Crippen LogP contribution in [-0.4, -0.2) is 73.8 Å². The SMILES string of the molecule is CC(=O)N1CC[NH+](CC(=O)N(C)CC(=O)Nc2c(Cl)cccc2Cl)CC1. The Morgan fingerprint density at radius 1 is 1.19 bits per heavy atom. The van der Waals surface area contributed by atoms with Crippen molar-refractivity contribution in [3.05, 3.63) is 28.2 Å². The summed E-state index contributed by atoms with van der Waals surface area (Å²) >= 11 is 12.0. The zero-order chi connectivity index (χ0) is 19.3. The number of piperazine rings is 1. The summed E-state index contributed by atoms with van der Waals surface area (Å²) in [5.41, 5.74) is 0.340. The summed E-state index contributed by atoms with van der Waals surface area (Å²) in [5.74, 6) is -0.439. The van der Waals surface area contributed by atoms with Crippen LogP contribution < -0.4 is 10.2 Å². The molecule has 0 spiro atoms. The average Bonchev–Trinajstić information content (AvgIpc) is 2.58. The first-order valence-electron chi connectivity index (χ1n) is 8.35. The van der Waals surface area contributed by atoms with Crippen LogP contribution in [0.25, 0.3) is 0 Å². The van der Waals surface area contributed by atoms with Gasteiger partial charge in [-0.15, -0.1) is 0 Å². The van der Waals surface area contributed by atoms with E-state index in [1.807, 2.05) is 0 Å². The van der Waals surface area contributed by atoms with Crippen molar-refractivity contribution in [1.29, 1.82) is 0 Å². The van der Waals surface area contributed by atoms with E-state index in [0.29, 0.717) is 35.4 Å². The number of para-hydroxylation sites is 1. The van der Waals surface area contributed by atoms with Crippen molar-refractivity contribution in [3.63, 3.8) is 0 Å². The van der Waals surface area contributed by atoms with Crippen LogP contribution in [0.15, 0.2) is 18.2 Å². The molecule has 1 aromatic carbocycles. The van der Waals surface area contributed by atoms with Crippen molar-refractivity contribution >= 4 is 46.6 Å². The second-order valence-electron chi connectivity index (χ2n) is 6.33. The normalized spacial score (nSPS) is 14.8. The van der Waals surface area contributed by atoms with E-state index in [0.717, 1.165) is 18.0 Å². The van der Waals surface area contributed by atoms with Gasteiger partial charge in [0.15, 0.2) is 6.54 Å². The van der Waals surface area contributed by atoms with Crippen molar-refractivity contribution in [3.8, 4) is 0 Å². The molecule has 142 valence electrons. The molecular weight excluding hydrogens is 379 g/mol. The monoisotopic (exact) mass is 401 g/mol. The largest absolute Gasteiger partial charge is 0.332 e. The number of nitrogens with one attached hydrogen (secondary N) is 2. The molecule has 0 aromatic heterocycles. The molecule has 0 radical (unpaired) electrons. The van der Waals surface area contributed by atoms with Crippen molar-refractivity contribution in [2.75, 3.05) is 51.6 Å². The molecule has 3 amide bonds. The lowest BCUT2D eigenvalue weighted by molar-refractivity contribution is -0.896. The van der Waals surface area contributed by atoms with Gasteiger partial charge < -0.3 is 20.0 Å². The van der Waals surface area contributed by atoms with Crippen LogP contribution in [0.3, 0.4) is 0 Å². The van der Waals surface area contributed by atoms with Crippen LogP contribution in [0.1, 0.15) is 6.92 Å². The Kier molecular flexibility index (Phi) is 7.25. The maximum Gasteiger partial charge on any atom is 0.277 e. The predicted molar refractivity (Wildman–Crippen MR) is 101 cm³/mol. The highest BCUT2D eigenvalue weighted by molar-refractivity contribution is 6.39. The van der Waals surface area contributed by atoms with Crippen molar-refractivity contribution in [1.82, 2.24) is 9.80 Å². The highest BCUT2D eigenvalue weighted by atomic mass is 35.5. The van der Waals surface area contributed by atoms with Gasteiger partial charge in [-0.05, 0) is 12.1 Å². The number of amides is 3. The first-order valence-corrected chi connectivity index (χ1v) is 9.10. The van der Waals surface area contributed by atoms with E-state index >= 15 is 0 Å². The first kappa shape index (κ1) is 20.5. The molecule has 0 saturated carbocycles. The predicted octanol–water partition coefficient (Wildman–Crippen LogP) is 0.137. The van der Waals surface area contributed by atoms with E-state index in [2.05, 4.69) is 5.32 Å². The summed E-state index contributed by atoms with van der Waals surface area (Å²) in [5, 5.41) is 3.32. The topological polar surface area (TPSA) is 74.2 Å². The Balaban J connectivity index is 1.81. The van der Waals surface area contributed by atoms with Gasteiger partial charge in [0.2, 0.25) is 11.8 Å². The van der Waals surface area contributed by atoms with Crippen LogP contribution in [0.5, 0.6) is 0 Å². The zero-order valence-electron chi connectivity index (χ0n) is 14.8. The first-order chi connectivity index (χ1) is 12.3. The number of likely N-dealkylation sites (N-methyl/N-ethyl adjacent to an activating group) is 1. The molecule has 1 saturated heterocycles. The molecule has 1 heterocycles. The molecule has 1 aliphatic heterocycles. The quantitative estimate of drug-likeness (QED) is 0.736. The smallest absolute Gasteiger partial charge is 0.277 e. The summed E-state index contributed by atoms with van der Waals surface area (Å²) in [4.78, 5) is 40.1. The summed E-state index contributed by atoms with van der Waals surface area (Å²) in [6.45, 7) is 4.49. The number of anilines is 1. The van der Waals surface area contributed by atoms with Crippen LogP contribution in [0.2, 0.25) is 10.0 Å². The fourth-order valence-corrected chi connectivity index (χ4v) is 3.26. The van der Waals surface area contributed by atoms with Gasteiger partial charge in [0.1, 0.15) is 0 Å².